The van der Waals surface area contributed by atoms with E-state index >= 15 is 0 Å². The number of hydrogen-bond donors (Lipinski definition) is 0. The lowest BCUT2D eigenvalue weighted by molar-refractivity contribution is -0.153. The van der Waals surface area contributed by atoms with Crippen LogP contribution in [0.3, 0.4) is 0 Å². The predicted molar refractivity (Wildman–Crippen MR) is 112 cm³/mol. The second-order valence-corrected chi connectivity index (χ2v) is 9.35. The summed E-state index contributed by atoms with van der Waals surface area (Å²) in [6.45, 7) is 7.39. The van der Waals surface area contributed by atoms with E-state index < -0.39 is 6.04 Å². The molecule has 1 aromatic heterocycles. The van der Waals surface area contributed by atoms with E-state index in [-0.39, 0.29) is 35.5 Å². The Balaban J connectivity index is 1.49. The van der Waals surface area contributed by atoms with E-state index in [4.69, 9.17) is 0 Å². The number of nitrogens with zero attached hydrogens (tertiary/aromatic N) is 4. The summed E-state index contributed by atoms with van der Waals surface area (Å²) in [7, 11) is 0. The van der Waals surface area contributed by atoms with Gasteiger partial charge in [0, 0.05) is 31.0 Å². The quantitative estimate of drug-likeness (QED) is 0.550. The van der Waals surface area contributed by atoms with Gasteiger partial charge in [0.15, 0.2) is 0 Å². The second kappa shape index (κ2) is 8.36. The minimum Gasteiger partial charge on any atom is -0.341 e. The first kappa shape index (κ1) is 20.8. The van der Waals surface area contributed by atoms with Crippen molar-refractivity contribution in [3.05, 3.63) is 30.4 Å². The maximum Gasteiger partial charge on any atom is 0.245 e. The Morgan fingerprint density at radius 3 is 2.20 bits per heavy atom. The Labute approximate surface area is 178 Å². The van der Waals surface area contributed by atoms with Crippen LogP contribution in [0, 0.1) is 24.7 Å². The number of fused-ring (bicyclic) bond motifs is 1. The van der Waals surface area contributed by atoms with Crippen LogP contribution in [0.1, 0.15) is 57.7 Å². The Kier molecular flexibility index (Phi) is 5.80. The SMILES string of the molecule is Cc1cncn1C1CCN(C(=O)C(CC(C)C)N2C(=O)C3CC=CCC3C2=O)CC1. The fourth-order valence-corrected chi connectivity index (χ4v) is 5.22. The zero-order chi connectivity index (χ0) is 21.4. The summed E-state index contributed by atoms with van der Waals surface area (Å²) in [6, 6.07) is -0.341. The molecule has 1 aromatic rings. The molecule has 3 unspecified atom stereocenters. The van der Waals surface area contributed by atoms with E-state index in [0.717, 1.165) is 18.5 Å². The van der Waals surface area contributed by atoms with Crippen molar-refractivity contribution in [3.63, 3.8) is 0 Å². The highest BCUT2D eigenvalue weighted by atomic mass is 16.2. The number of imidazole rings is 1. The van der Waals surface area contributed by atoms with Crippen LogP contribution in [-0.2, 0) is 14.4 Å². The fraction of sp³-hybridized carbons (Fsp3) is 0.652. The molecule has 30 heavy (non-hydrogen) atoms. The van der Waals surface area contributed by atoms with Crippen LogP contribution >= 0.6 is 0 Å². The molecule has 0 bridgehead atoms. The van der Waals surface area contributed by atoms with Crippen LogP contribution < -0.4 is 0 Å². The molecule has 3 aliphatic rings. The van der Waals surface area contributed by atoms with Crippen LogP contribution in [0.5, 0.6) is 0 Å². The Hall–Kier alpha value is -2.44. The molecule has 1 aliphatic carbocycles. The highest BCUT2D eigenvalue weighted by Crippen LogP contribution is 2.37. The lowest BCUT2D eigenvalue weighted by Gasteiger charge is -2.37. The molecule has 0 N–H and O–H groups in total. The number of likely N-dealkylation sites (tertiary alicyclic amines) is 2. The van der Waals surface area contributed by atoms with Crippen molar-refractivity contribution in [2.24, 2.45) is 17.8 Å². The molecule has 2 aliphatic heterocycles. The molecular weight excluding hydrogens is 380 g/mol. The van der Waals surface area contributed by atoms with Crippen LogP contribution in [0.25, 0.3) is 0 Å². The molecule has 3 heterocycles. The molecule has 0 aromatic carbocycles. The number of rotatable bonds is 5. The van der Waals surface area contributed by atoms with E-state index in [2.05, 4.69) is 9.55 Å². The average Bonchev–Trinajstić information content (AvgIpc) is 3.27. The number of hydrogen-bond acceptors (Lipinski definition) is 4. The second-order valence-electron chi connectivity index (χ2n) is 9.35. The van der Waals surface area contributed by atoms with Crippen molar-refractivity contribution in [1.29, 1.82) is 0 Å². The summed E-state index contributed by atoms with van der Waals surface area (Å²) in [5, 5.41) is 0. The van der Waals surface area contributed by atoms with Gasteiger partial charge in [0.25, 0.3) is 0 Å². The summed E-state index contributed by atoms with van der Waals surface area (Å²) < 4.78 is 2.18. The summed E-state index contributed by atoms with van der Waals surface area (Å²) in [4.78, 5) is 47.1. The predicted octanol–water partition coefficient (Wildman–Crippen LogP) is 2.72. The van der Waals surface area contributed by atoms with Gasteiger partial charge in [0.1, 0.15) is 6.04 Å². The summed E-state index contributed by atoms with van der Waals surface area (Å²) >= 11 is 0. The van der Waals surface area contributed by atoms with E-state index in [1.54, 1.807) is 0 Å². The third-order valence-electron chi connectivity index (χ3n) is 6.86. The third kappa shape index (κ3) is 3.70. The van der Waals surface area contributed by atoms with Crippen LogP contribution in [0.4, 0.5) is 0 Å². The van der Waals surface area contributed by atoms with Gasteiger partial charge >= 0.3 is 0 Å². The lowest BCUT2D eigenvalue weighted by atomic mass is 9.85. The molecule has 0 saturated carbocycles. The topological polar surface area (TPSA) is 75.5 Å². The molecular formula is C23H32N4O3. The number of carbonyl (C=O) groups excluding carboxylic acids is 3. The van der Waals surface area contributed by atoms with Gasteiger partial charge in [-0.25, -0.2) is 4.98 Å². The van der Waals surface area contributed by atoms with Gasteiger partial charge in [-0.3, -0.25) is 19.3 Å². The van der Waals surface area contributed by atoms with Gasteiger partial charge < -0.3 is 9.47 Å². The maximum atomic E-state index is 13.5. The molecule has 3 atom stereocenters. The van der Waals surface area contributed by atoms with Gasteiger partial charge in [-0.05, 0) is 44.9 Å². The number of allylic oxidation sites excluding steroid dienone is 2. The minimum absolute atomic E-state index is 0.0715. The minimum atomic E-state index is -0.679. The fourth-order valence-electron chi connectivity index (χ4n) is 5.22. The summed E-state index contributed by atoms with van der Waals surface area (Å²) in [5.74, 6) is -0.751. The molecule has 2 fully saturated rings. The van der Waals surface area contributed by atoms with Crippen molar-refractivity contribution in [2.45, 2.75) is 65.0 Å². The number of imide groups is 1. The summed E-state index contributed by atoms with van der Waals surface area (Å²) in [5.41, 5.74) is 1.13. The van der Waals surface area contributed by atoms with Crippen LogP contribution in [0.2, 0.25) is 0 Å². The van der Waals surface area contributed by atoms with Crippen molar-refractivity contribution in [3.8, 4) is 0 Å². The zero-order valence-corrected chi connectivity index (χ0v) is 18.2. The lowest BCUT2D eigenvalue weighted by Crippen LogP contribution is -2.53. The normalized spacial score (nSPS) is 25.9. The molecule has 0 spiro atoms. The van der Waals surface area contributed by atoms with E-state index in [9.17, 15) is 14.4 Å². The van der Waals surface area contributed by atoms with Crippen molar-refractivity contribution in [2.75, 3.05) is 13.1 Å². The van der Waals surface area contributed by atoms with E-state index in [1.807, 2.05) is 50.3 Å². The maximum absolute atomic E-state index is 13.5. The van der Waals surface area contributed by atoms with Crippen molar-refractivity contribution < 1.29 is 14.4 Å². The molecule has 7 nitrogen and oxygen atoms in total. The first-order chi connectivity index (χ1) is 14.4. The Bertz CT molecular complexity index is 824. The first-order valence-corrected chi connectivity index (χ1v) is 11.2. The molecule has 7 heteroatoms. The number of aryl methyl sites for hydroxylation is 1. The first-order valence-electron chi connectivity index (χ1n) is 11.2. The van der Waals surface area contributed by atoms with Crippen LogP contribution in [-0.4, -0.2) is 56.2 Å². The smallest absolute Gasteiger partial charge is 0.245 e. The van der Waals surface area contributed by atoms with E-state index in [1.165, 1.54) is 4.90 Å². The standard InChI is InChI=1S/C23H32N4O3/c1-15(2)12-20(27-21(28)18-6-4-5-7-19(18)22(27)29)23(30)25-10-8-17(9-11-25)26-14-24-13-16(26)3/h4-5,13-15,17-20H,6-12H2,1-3H3. The van der Waals surface area contributed by atoms with E-state index in [0.29, 0.717) is 38.4 Å². The van der Waals surface area contributed by atoms with Gasteiger partial charge in [-0.1, -0.05) is 26.0 Å². The molecule has 0 radical (unpaired) electrons. The monoisotopic (exact) mass is 412 g/mol. The molecule has 4 rings (SSSR count). The third-order valence-corrected chi connectivity index (χ3v) is 6.86. The number of aromatic nitrogens is 2. The molecule has 2 saturated heterocycles. The molecule has 3 amide bonds. The number of amides is 3. The van der Waals surface area contributed by atoms with Gasteiger partial charge in [-0.2, -0.15) is 0 Å². The zero-order valence-electron chi connectivity index (χ0n) is 18.2. The van der Waals surface area contributed by atoms with Gasteiger partial charge in [0.05, 0.1) is 18.2 Å². The highest BCUT2D eigenvalue weighted by molar-refractivity contribution is 6.08. The van der Waals surface area contributed by atoms with Crippen molar-refractivity contribution >= 4 is 17.7 Å². The average molecular weight is 413 g/mol. The van der Waals surface area contributed by atoms with Gasteiger partial charge in [0.2, 0.25) is 17.7 Å². The Morgan fingerprint density at radius 1 is 1.10 bits per heavy atom. The van der Waals surface area contributed by atoms with Crippen LogP contribution in [0.15, 0.2) is 24.7 Å². The highest BCUT2D eigenvalue weighted by Gasteiger charge is 2.51. The number of piperidine rings is 1. The number of carbonyl (C=O) groups is 3. The van der Waals surface area contributed by atoms with Gasteiger partial charge in [-0.15, -0.1) is 0 Å². The van der Waals surface area contributed by atoms with Crippen molar-refractivity contribution in [1.82, 2.24) is 19.4 Å². The summed E-state index contributed by atoms with van der Waals surface area (Å²) in [6.07, 6.45) is 11.1. The Morgan fingerprint density at radius 2 is 1.70 bits per heavy atom. The molecule has 162 valence electrons. The largest absolute Gasteiger partial charge is 0.341 e.